The van der Waals surface area contributed by atoms with Gasteiger partial charge < -0.3 is 21.7 Å². The quantitative estimate of drug-likeness (QED) is 0.254. The highest BCUT2D eigenvalue weighted by Gasteiger charge is 2.25. The maximum atomic E-state index is 11.9. The average Bonchev–Trinajstić information content (AvgIpc) is 3.33. The number of anilines is 4. The van der Waals surface area contributed by atoms with Crippen molar-refractivity contribution < 1.29 is 9.59 Å². The Balaban J connectivity index is 1.56. The molecule has 10 heteroatoms. The number of aromatic nitrogens is 3. The predicted octanol–water partition coefficient (Wildman–Crippen LogP) is 1.81. The molecule has 1 aliphatic heterocycles. The fourth-order valence-corrected chi connectivity index (χ4v) is 3.04. The fraction of sp³-hybridized carbons (Fsp3) is 0.158. The molecule has 0 spiro atoms. The second-order valence-electron chi connectivity index (χ2n) is 6.99. The van der Waals surface area contributed by atoms with Gasteiger partial charge in [-0.15, -0.1) is 0 Å². The van der Waals surface area contributed by atoms with Crippen LogP contribution in [0, 0.1) is 0 Å². The Bertz CT molecular complexity index is 1160. The van der Waals surface area contributed by atoms with E-state index < -0.39 is 11.9 Å². The average molecular weight is 390 g/mol. The zero-order valence-corrected chi connectivity index (χ0v) is 15.3. The van der Waals surface area contributed by atoms with E-state index in [-0.39, 0.29) is 5.70 Å². The third kappa shape index (κ3) is 3.43. The molecular formula is C19H18N8O2. The summed E-state index contributed by atoms with van der Waals surface area (Å²) in [5.74, 6) is 0.923. The van der Waals surface area contributed by atoms with E-state index in [1.54, 1.807) is 28.9 Å². The van der Waals surface area contributed by atoms with Gasteiger partial charge in [0.05, 0.1) is 6.20 Å². The molecule has 3 aromatic rings. The van der Waals surface area contributed by atoms with Gasteiger partial charge in [0, 0.05) is 29.0 Å². The summed E-state index contributed by atoms with van der Waals surface area (Å²) < 4.78 is 1.69. The molecule has 2 aromatic heterocycles. The number of carbonyl (C=O) groups is 2. The van der Waals surface area contributed by atoms with Crippen molar-refractivity contribution in [3.63, 3.8) is 0 Å². The topological polar surface area (TPSA) is 138 Å². The Morgan fingerprint density at radius 2 is 1.97 bits per heavy atom. The van der Waals surface area contributed by atoms with Gasteiger partial charge in [-0.2, -0.15) is 9.61 Å². The van der Waals surface area contributed by atoms with Gasteiger partial charge in [0.15, 0.2) is 5.65 Å². The largest absolute Gasteiger partial charge is 0.399 e. The Labute approximate surface area is 165 Å². The molecule has 2 aliphatic rings. The Hall–Kier alpha value is -4.08. The molecule has 1 aliphatic carbocycles. The molecule has 0 atom stereocenters. The molecule has 0 unspecified atom stereocenters. The molecule has 146 valence electrons. The van der Waals surface area contributed by atoms with Gasteiger partial charge in [-0.1, -0.05) is 0 Å². The van der Waals surface area contributed by atoms with Crippen LogP contribution in [0.4, 0.5) is 27.8 Å². The Morgan fingerprint density at radius 3 is 2.66 bits per heavy atom. The number of imide groups is 1. The van der Waals surface area contributed by atoms with Gasteiger partial charge in [-0.3, -0.25) is 10.1 Å². The first kappa shape index (κ1) is 17.0. The minimum Gasteiger partial charge on any atom is -0.399 e. The number of nitrogen functional groups attached to an aromatic ring is 1. The van der Waals surface area contributed by atoms with E-state index >= 15 is 0 Å². The van der Waals surface area contributed by atoms with Crippen LogP contribution in [0.1, 0.15) is 18.4 Å². The van der Waals surface area contributed by atoms with E-state index in [9.17, 15) is 9.59 Å². The van der Waals surface area contributed by atoms with Gasteiger partial charge in [-0.05, 0) is 43.2 Å². The first-order chi connectivity index (χ1) is 14.0. The fourth-order valence-electron chi connectivity index (χ4n) is 3.04. The molecule has 29 heavy (non-hydrogen) atoms. The zero-order chi connectivity index (χ0) is 20.0. The highest BCUT2D eigenvalue weighted by molar-refractivity contribution is 6.14. The van der Waals surface area contributed by atoms with Crippen molar-refractivity contribution in [3.8, 4) is 0 Å². The van der Waals surface area contributed by atoms with Crippen molar-refractivity contribution >= 4 is 46.7 Å². The van der Waals surface area contributed by atoms with E-state index in [1.807, 2.05) is 18.2 Å². The summed E-state index contributed by atoms with van der Waals surface area (Å²) >= 11 is 0. The molecule has 0 radical (unpaired) electrons. The minimum atomic E-state index is -0.549. The molecule has 1 saturated heterocycles. The van der Waals surface area contributed by atoms with Gasteiger partial charge >= 0.3 is 6.03 Å². The van der Waals surface area contributed by atoms with E-state index in [0.717, 1.165) is 24.3 Å². The Kier molecular flexibility index (Phi) is 3.83. The van der Waals surface area contributed by atoms with Crippen LogP contribution in [0.15, 0.2) is 42.2 Å². The molecule has 6 N–H and O–H groups in total. The summed E-state index contributed by atoms with van der Waals surface area (Å²) in [5.41, 5.74) is 8.58. The summed E-state index contributed by atoms with van der Waals surface area (Å²) in [6.45, 7) is 0. The van der Waals surface area contributed by atoms with Crippen molar-refractivity contribution in [3.05, 3.63) is 47.8 Å². The highest BCUT2D eigenvalue weighted by atomic mass is 16.2. The Morgan fingerprint density at radius 1 is 1.17 bits per heavy atom. The second kappa shape index (κ2) is 6.51. The van der Waals surface area contributed by atoms with E-state index in [1.165, 1.54) is 0 Å². The number of benzene rings is 1. The number of hydrogen-bond donors (Lipinski definition) is 5. The molecule has 1 saturated carbocycles. The highest BCUT2D eigenvalue weighted by Crippen LogP contribution is 2.28. The lowest BCUT2D eigenvalue weighted by Gasteiger charge is -2.12. The van der Waals surface area contributed by atoms with Crippen LogP contribution < -0.4 is 27.0 Å². The predicted molar refractivity (Wildman–Crippen MR) is 108 cm³/mol. The van der Waals surface area contributed by atoms with Gasteiger partial charge in [0.25, 0.3) is 5.91 Å². The third-order valence-electron chi connectivity index (χ3n) is 4.63. The molecule has 2 fully saturated rings. The first-order valence-electron chi connectivity index (χ1n) is 9.17. The van der Waals surface area contributed by atoms with Crippen LogP contribution in [0.2, 0.25) is 0 Å². The number of amides is 3. The van der Waals surface area contributed by atoms with Crippen LogP contribution in [0.25, 0.3) is 11.7 Å². The zero-order valence-electron chi connectivity index (χ0n) is 15.3. The number of hydrogen-bond acceptors (Lipinski definition) is 7. The number of urea groups is 1. The third-order valence-corrected chi connectivity index (χ3v) is 4.63. The van der Waals surface area contributed by atoms with Crippen molar-refractivity contribution in [2.75, 3.05) is 16.4 Å². The summed E-state index contributed by atoms with van der Waals surface area (Å²) in [6, 6.07) is 9.10. The molecule has 3 amide bonds. The van der Waals surface area contributed by atoms with E-state index in [0.29, 0.717) is 28.8 Å². The SMILES string of the molecule is Nc1ccc(Nc2cc(NC3CC3)n3ncc(/C=C4\NC(=O)NC4=O)c3n2)cc1. The second-order valence-corrected chi connectivity index (χ2v) is 6.99. The van der Waals surface area contributed by atoms with Crippen molar-refractivity contribution in [2.45, 2.75) is 18.9 Å². The van der Waals surface area contributed by atoms with Crippen molar-refractivity contribution in [1.82, 2.24) is 25.2 Å². The van der Waals surface area contributed by atoms with Crippen molar-refractivity contribution in [1.29, 1.82) is 0 Å². The van der Waals surface area contributed by atoms with Crippen LogP contribution >= 0.6 is 0 Å². The van der Waals surface area contributed by atoms with Crippen LogP contribution in [-0.4, -0.2) is 32.6 Å². The summed E-state index contributed by atoms with van der Waals surface area (Å²) in [6.07, 6.45) is 5.38. The maximum Gasteiger partial charge on any atom is 0.326 e. The summed E-state index contributed by atoms with van der Waals surface area (Å²) in [4.78, 5) is 27.9. The smallest absolute Gasteiger partial charge is 0.326 e. The van der Waals surface area contributed by atoms with Gasteiger partial charge in [0.2, 0.25) is 0 Å². The summed E-state index contributed by atoms with van der Waals surface area (Å²) in [7, 11) is 0. The molecule has 10 nitrogen and oxygen atoms in total. The maximum absolute atomic E-state index is 11.9. The number of carbonyl (C=O) groups excluding carboxylic acids is 2. The number of nitrogens with one attached hydrogen (secondary N) is 4. The lowest BCUT2D eigenvalue weighted by molar-refractivity contribution is -0.115. The normalized spacial score (nSPS) is 17.4. The number of fused-ring (bicyclic) bond motifs is 1. The number of nitrogens with two attached hydrogens (primary N) is 1. The first-order valence-corrected chi connectivity index (χ1v) is 9.17. The van der Waals surface area contributed by atoms with E-state index in [4.69, 9.17) is 5.73 Å². The lowest BCUT2D eigenvalue weighted by Crippen LogP contribution is -2.22. The minimum absolute atomic E-state index is 0.153. The van der Waals surface area contributed by atoms with Crippen LogP contribution in [0.5, 0.6) is 0 Å². The lowest BCUT2D eigenvalue weighted by atomic mass is 10.2. The molecule has 0 bridgehead atoms. The van der Waals surface area contributed by atoms with Crippen LogP contribution in [0.3, 0.4) is 0 Å². The van der Waals surface area contributed by atoms with Crippen LogP contribution in [-0.2, 0) is 4.79 Å². The summed E-state index contributed by atoms with van der Waals surface area (Å²) in [5, 5.41) is 15.8. The van der Waals surface area contributed by atoms with E-state index in [2.05, 4.69) is 31.3 Å². The molecule has 1 aromatic carbocycles. The molecule has 3 heterocycles. The monoisotopic (exact) mass is 390 g/mol. The standard InChI is InChI=1S/C19H18N8O2/c20-11-1-3-12(4-2-11)22-15-8-16(23-13-5-6-13)27-17(25-15)10(9-21-27)7-14-18(28)26-19(29)24-14/h1-4,7-9,13,23H,5-6,20H2,(H,22,25)(H2,24,26,28,29)/b14-7-. The van der Waals surface area contributed by atoms with Gasteiger partial charge in [-0.25, -0.2) is 9.78 Å². The molecule has 5 rings (SSSR count). The number of nitrogens with zero attached hydrogens (tertiary/aromatic N) is 3. The van der Waals surface area contributed by atoms with Crippen molar-refractivity contribution in [2.24, 2.45) is 0 Å². The number of rotatable bonds is 5. The molecular weight excluding hydrogens is 372 g/mol. The van der Waals surface area contributed by atoms with Gasteiger partial charge in [0.1, 0.15) is 17.3 Å².